The van der Waals surface area contributed by atoms with Crippen molar-refractivity contribution in [3.8, 4) is 5.69 Å². The van der Waals surface area contributed by atoms with Gasteiger partial charge in [0.1, 0.15) is 11.6 Å². The van der Waals surface area contributed by atoms with Gasteiger partial charge in [0.2, 0.25) is 0 Å². The SMILES string of the molecule is CC1/C=C\c2c(n(-c3ccccc3)c3ccccc23)CN(c2cccc(N3c4ccccc4Sc4ccccc43)n2)c2ccccc21. The molecule has 1 atom stereocenters. The molecule has 0 fully saturated rings. The van der Waals surface area contributed by atoms with Crippen LogP contribution in [0.2, 0.25) is 0 Å². The lowest BCUT2D eigenvalue weighted by Crippen LogP contribution is -2.23. The lowest BCUT2D eigenvalue weighted by atomic mass is 9.97. The van der Waals surface area contributed by atoms with Crippen molar-refractivity contribution in [1.82, 2.24) is 9.55 Å². The van der Waals surface area contributed by atoms with Crippen molar-refractivity contribution < 1.29 is 0 Å². The number of anilines is 5. The molecule has 0 bridgehead atoms. The van der Waals surface area contributed by atoms with E-state index in [-0.39, 0.29) is 5.92 Å². The van der Waals surface area contributed by atoms with Crippen LogP contribution in [0.3, 0.4) is 0 Å². The number of nitrogens with zero attached hydrogens (tertiary/aromatic N) is 4. The number of benzene rings is 5. The predicted molar refractivity (Wildman–Crippen MR) is 196 cm³/mol. The Morgan fingerprint density at radius 2 is 1.26 bits per heavy atom. The Morgan fingerprint density at radius 1 is 0.617 bits per heavy atom. The van der Waals surface area contributed by atoms with Gasteiger partial charge in [-0.1, -0.05) is 116 Å². The molecule has 4 nitrogen and oxygen atoms in total. The molecule has 0 amide bonds. The molecule has 47 heavy (non-hydrogen) atoms. The van der Waals surface area contributed by atoms with Gasteiger partial charge in [0.05, 0.1) is 29.1 Å². The van der Waals surface area contributed by atoms with E-state index in [9.17, 15) is 0 Å². The molecule has 9 rings (SSSR count). The van der Waals surface area contributed by atoms with Crippen molar-refractivity contribution in [1.29, 1.82) is 0 Å². The number of aromatic nitrogens is 2. The number of pyridine rings is 1. The van der Waals surface area contributed by atoms with Gasteiger partial charge in [-0.05, 0) is 66.2 Å². The first-order valence-electron chi connectivity index (χ1n) is 16.1. The van der Waals surface area contributed by atoms with Gasteiger partial charge < -0.3 is 9.47 Å². The fraction of sp³-hybridized carbons (Fsp3) is 0.0714. The third kappa shape index (κ3) is 4.65. The molecular weight excluding hydrogens is 593 g/mol. The highest BCUT2D eigenvalue weighted by Gasteiger charge is 2.28. The van der Waals surface area contributed by atoms with Crippen molar-refractivity contribution in [3.05, 3.63) is 168 Å². The van der Waals surface area contributed by atoms with Gasteiger partial charge in [0.15, 0.2) is 0 Å². The zero-order valence-corrected chi connectivity index (χ0v) is 26.8. The highest BCUT2D eigenvalue weighted by molar-refractivity contribution is 7.99. The van der Waals surface area contributed by atoms with Crippen molar-refractivity contribution >= 4 is 57.4 Å². The first-order valence-corrected chi connectivity index (χ1v) is 16.9. The molecule has 0 saturated carbocycles. The van der Waals surface area contributed by atoms with Crippen LogP contribution in [0.25, 0.3) is 22.7 Å². The summed E-state index contributed by atoms with van der Waals surface area (Å²) in [7, 11) is 0. The summed E-state index contributed by atoms with van der Waals surface area (Å²) < 4.78 is 2.43. The Hall–Kier alpha value is -5.52. The first-order chi connectivity index (χ1) is 23.2. The summed E-state index contributed by atoms with van der Waals surface area (Å²) in [6.45, 7) is 2.93. The minimum atomic E-state index is 0.208. The van der Waals surface area contributed by atoms with Gasteiger partial charge in [-0.25, -0.2) is 4.98 Å². The predicted octanol–water partition coefficient (Wildman–Crippen LogP) is 11.4. The van der Waals surface area contributed by atoms with Crippen LogP contribution in [0.1, 0.15) is 29.7 Å². The summed E-state index contributed by atoms with van der Waals surface area (Å²) in [6.07, 6.45) is 4.69. The maximum atomic E-state index is 5.49. The Morgan fingerprint density at radius 3 is 2.04 bits per heavy atom. The highest BCUT2D eigenvalue weighted by atomic mass is 32.2. The summed E-state index contributed by atoms with van der Waals surface area (Å²) in [5.41, 5.74) is 9.58. The summed E-state index contributed by atoms with van der Waals surface area (Å²) in [5.74, 6) is 2.02. The summed E-state index contributed by atoms with van der Waals surface area (Å²) in [5, 5.41) is 1.25. The maximum Gasteiger partial charge on any atom is 0.140 e. The quantitative estimate of drug-likeness (QED) is 0.195. The van der Waals surface area contributed by atoms with E-state index in [0.717, 1.165) is 28.7 Å². The van der Waals surface area contributed by atoms with E-state index in [2.05, 4.69) is 179 Å². The minimum Gasteiger partial charge on any atom is -0.320 e. The molecule has 0 spiro atoms. The van der Waals surface area contributed by atoms with Crippen LogP contribution in [-0.2, 0) is 6.54 Å². The lowest BCUT2D eigenvalue weighted by molar-refractivity contribution is 0.860. The van der Waals surface area contributed by atoms with E-state index in [1.807, 2.05) is 11.8 Å². The van der Waals surface area contributed by atoms with Gasteiger partial charge in [-0.2, -0.15) is 0 Å². The minimum absolute atomic E-state index is 0.208. The monoisotopic (exact) mass is 624 g/mol. The van der Waals surface area contributed by atoms with Crippen molar-refractivity contribution in [2.24, 2.45) is 0 Å². The van der Waals surface area contributed by atoms with Crippen molar-refractivity contribution in [3.63, 3.8) is 0 Å². The third-order valence-electron chi connectivity index (χ3n) is 9.27. The van der Waals surface area contributed by atoms with E-state index in [1.165, 1.54) is 43.2 Å². The molecule has 1 unspecified atom stereocenters. The second-order valence-corrected chi connectivity index (χ2v) is 13.2. The van der Waals surface area contributed by atoms with Gasteiger partial charge in [0, 0.05) is 38.0 Å². The van der Waals surface area contributed by atoms with Crippen LogP contribution in [0.4, 0.5) is 28.7 Å². The van der Waals surface area contributed by atoms with Gasteiger partial charge >= 0.3 is 0 Å². The van der Waals surface area contributed by atoms with E-state index in [0.29, 0.717) is 6.54 Å². The van der Waals surface area contributed by atoms with Crippen molar-refractivity contribution in [2.45, 2.75) is 29.2 Å². The summed E-state index contributed by atoms with van der Waals surface area (Å²) >= 11 is 1.82. The molecule has 0 radical (unpaired) electrons. The van der Waals surface area contributed by atoms with Crippen LogP contribution in [0.15, 0.2) is 161 Å². The van der Waals surface area contributed by atoms with Crippen LogP contribution in [-0.4, -0.2) is 9.55 Å². The van der Waals surface area contributed by atoms with Crippen molar-refractivity contribution in [2.75, 3.05) is 9.80 Å². The number of fused-ring (bicyclic) bond motifs is 6. The fourth-order valence-electron chi connectivity index (χ4n) is 7.07. The average molecular weight is 625 g/mol. The lowest BCUT2D eigenvalue weighted by Gasteiger charge is -2.33. The molecule has 0 aliphatic carbocycles. The number of allylic oxidation sites excluding steroid dienone is 1. The average Bonchev–Trinajstić information content (AvgIpc) is 3.46. The fourth-order valence-corrected chi connectivity index (χ4v) is 8.13. The van der Waals surface area contributed by atoms with Crippen LogP contribution >= 0.6 is 11.8 Å². The van der Waals surface area contributed by atoms with Gasteiger partial charge in [0.25, 0.3) is 0 Å². The number of hydrogen-bond donors (Lipinski definition) is 0. The maximum absolute atomic E-state index is 5.49. The number of rotatable bonds is 3. The molecule has 0 saturated heterocycles. The molecule has 2 aliphatic rings. The van der Waals surface area contributed by atoms with E-state index >= 15 is 0 Å². The number of para-hydroxylation sites is 5. The normalized spacial score (nSPS) is 15.9. The molecule has 4 heterocycles. The highest BCUT2D eigenvalue weighted by Crippen LogP contribution is 2.51. The van der Waals surface area contributed by atoms with E-state index in [4.69, 9.17) is 4.98 Å². The largest absolute Gasteiger partial charge is 0.320 e. The Bertz CT molecular complexity index is 2260. The molecule has 226 valence electrons. The molecule has 2 aliphatic heterocycles. The second-order valence-electron chi connectivity index (χ2n) is 12.1. The molecule has 2 aromatic heterocycles. The van der Waals surface area contributed by atoms with Gasteiger partial charge in [-0.3, -0.25) is 4.90 Å². The molecule has 0 N–H and O–H groups in total. The van der Waals surface area contributed by atoms with Crippen LogP contribution in [0, 0.1) is 0 Å². The summed E-state index contributed by atoms with van der Waals surface area (Å²) in [6, 6.07) is 52.0. The molecule has 5 heteroatoms. The first kappa shape index (κ1) is 27.8. The van der Waals surface area contributed by atoms with E-state index in [1.54, 1.807) is 0 Å². The molecular formula is C42H32N4S. The van der Waals surface area contributed by atoms with Crippen LogP contribution < -0.4 is 9.80 Å². The summed E-state index contributed by atoms with van der Waals surface area (Å²) in [4.78, 5) is 12.7. The third-order valence-corrected chi connectivity index (χ3v) is 10.4. The Kier molecular flexibility index (Phi) is 6.72. The molecule has 7 aromatic rings. The van der Waals surface area contributed by atoms with Gasteiger partial charge in [-0.15, -0.1) is 0 Å². The van der Waals surface area contributed by atoms with Crippen LogP contribution in [0.5, 0.6) is 0 Å². The number of hydrogen-bond acceptors (Lipinski definition) is 4. The Balaban J connectivity index is 1.27. The molecule has 5 aromatic carbocycles. The second kappa shape index (κ2) is 11.4. The zero-order chi connectivity index (χ0) is 31.3. The zero-order valence-electron chi connectivity index (χ0n) is 26.0. The standard InChI is InChI=1S/C42H32N4S/c1-29-26-27-33-32-17-6-8-19-35(32)45(30-14-3-2-4-15-30)38(33)28-44(34-18-7-5-16-31(29)34)41-24-13-25-42(43-41)46-36-20-9-11-22-39(36)47-40-23-12-10-21-37(40)46/h2-27,29H,28H2,1H3/b27-26-. The Labute approximate surface area is 279 Å². The smallest absolute Gasteiger partial charge is 0.140 e. The van der Waals surface area contributed by atoms with E-state index < -0.39 is 0 Å². The topological polar surface area (TPSA) is 24.3 Å².